The molecule has 2 aromatic heterocycles. The van der Waals surface area contributed by atoms with Gasteiger partial charge in [-0.15, -0.1) is 11.3 Å². The zero-order chi connectivity index (χ0) is 14.5. The summed E-state index contributed by atoms with van der Waals surface area (Å²) in [5.41, 5.74) is 0. The van der Waals surface area contributed by atoms with Crippen molar-refractivity contribution in [3.8, 4) is 0 Å². The molecule has 0 aromatic carbocycles. The van der Waals surface area contributed by atoms with Gasteiger partial charge in [0.2, 0.25) is 0 Å². The van der Waals surface area contributed by atoms with Crippen molar-refractivity contribution in [2.45, 2.75) is 45.9 Å². The lowest BCUT2D eigenvalue weighted by Gasteiger charge is -2.22. The van der Waals surface area contributed by atoms with Crippen LogP contribution in [0.3, 0.4) is 0 Å². The van der Waals surface area contributed by atoms with Crippen LogP contribution in [-0.2, 0) is 13.1 Å². The van der Waals surface area contributed by atoms with Gasteiger partial charge in [0.1, 0.15) is 11.5 Å². The molecule has 2 rings (SSSR count). The second-order valence-electron chi connectivity index (χ2n) is 5.51. The first-order valence-corrected chi connectivity index (χ1v) is 7.99. The van der Waals surface area contributed by atoms with Crippen LogP contribution in [0.15, 0.2) is 34.1 Å². The molecule has 110 valence electrons. The molecule has 2 aromatic rings. The number of hydrogen-bond donors (Lipinski definition) is 1. The van der Waals surface area contributed by atoms with Crippen LogP contribution >= 0.6 is 11.3 Å². The average molecular weight is 292 g/mol. The Bertz CT molecular complexity index is 504. The minimum Gasteiger partial charge on any atom is -0.463 e. The van der Waals surface area contributed by atoms with E-state index >= 15 is 0 Å². The van der Waals surface area contributed by atoms with E-state index in [9.17, 15) is 0 Å². The zero-order valence-corrected chi connectivity index (χ0v) is 13.5. The number of hydrogen-bond acceptors (Lipinski definition) is 4. The van der Waals surface area contributed by atoms with Crippen molar-refractivity contribution in [1.29, 1.82) is 0 Å². The van der Waals surface area contributed by atoms with E-state index in [0.717, 1.165) is 24.6 Å². The highest BCUT2D eigenvalue weighted by Crippen LogP contribution is 2.25. The third-order valence-electron chi connectivity index (χ3n) is 3.42. The van der Waals surface area contributed by atoms with E-state index < -0.39 is 0 Å². The smallest absolute Gasteiger partial charge is 0.118 e. The van der Waals surface area contributed by atoms with Crippen molar-refractivity contribution in [2.75, 3.05) is 7.05 Å². The van der Waals surface area contributed by atoms with Gasteiger partial charge in [-0.2, -0.15) is 0 Å². The predicted octanol–water partition coefficient (Wildman–Crippen LogP) is 4.03. The molecule has 0 saturated carbocycles. The minimum atomic E-state index is 0.414. The highest BCUT2D eigenvalue weighted by atomic mass is 32.1. The molecule has 1 unspecified atom stereocenters. The maximum atomic E-state index is 5.87. The Labute approximate surface area is 125 Å². The number of nitrogens with one attached hydrogen (secondary N) is 1. The lowest BCUT2D eigenvalue weighted by molar-refractivity contribution is 0.232. The maximum Gasteiger partial charge on any atom is 0.118 e. The summed E-state index contributed by atoms with van der Waals surface area (Å²) in [4.78, 5) is 3.70. The van der Waals surface area contributed by atoms with Crippen LogP contribution in [-0.4, -0.2) is 18.0 Å². The SMILES string of the molecule is CC(C)NCc1ccc(CN(C)C(C)c2cccs2)o1. The fourth-order valence-corrected chi connectivity index (χ4v) is 2.88. The van der Waals surface area contributed by atoms with E-state index in [1.165, 1.54) is 4.88 Å². The van der Waals surface area contributed by atoms with Gasteiger partial charge < -0.3 is 9.73 Å². The van der Waals surface area contributed by atoms with E-state index in [2.05, 4.69) is 67.7 Å². The summed E-state index contributed by atoms with van der Waals surface area (Å²) < 4.78 is 5.87. The maximum absolute atomic E-state index is 5.87. The lowest BCUT2D eigenvalue weighted by Crippen LogP contribution is -2.21. The predicted molar refractivity (Wildman–Crippen MR) is 84.9 cm³/mol. The van der Waals surface area contributed by atoms with Gasteiger partial charge in [0.15, 0.2) is 0 Å². The van der Waals surface area contributed by atoms with Crippen LogP contribution in [0.2, 0.25) is 0 Å². The molecule has 0 saturated heterocycles. The van der Waals surface area contributed by atoms with Gasteiger partial charge >= 0.3 is 0 Å². The monoisotopic (exact) mass is 292 g/mol. The Kier molecular flexibility index (Phi) is 5.40. The second-order valence-corrected chi connectivity index (χ2v) is 6.49. The highest BCUT2D eigenvalue weighted by molar-refractivity contribution is 7.10. The van der Waals surface area contributed by atoms with Crippen LogP contribution in [0.1, 0.15) is 43.2 Å². The van der Waals surface area contributed by atoms with Crippen molar-refractivity contribution in [2.24, 2.45) is 0 Å². The summed E-state index contributed by atoms with van der Waals surface area (Å²) in [5, 5.41) is 5.50. The molecule has 1 atom stereocenters. The summed E-state index contributed by atoms with van der Waals surface area (Å²) in [6.45, 7) is 8.14. The Balaban J connectivity index is 1.89. The lowest BCUT2D eigenvalue weighted by atomic mass is 10.2. The van der Waals surface area contributed by atoms with Gasteiger partial charge in [0.25, 0.3) is 0 Å². The third-order valence-corrected chi connectivity index (χ3v) is 4.47. The molecule has 0 spiro atoms. The number of nitrogens with zero attached hydrogens (tertiary/aromatic N) is 1. The Hall–Kier alpha value is -1.10. The molecular formula is C16H24N2OS. The molecule has 2 heterocycles. The van der Waals surface area contributed by atoms with Crippen LogP contribution in [0.4, 0.5) is 0 Å². The fourth-order valence-electron chi connectivity index (χ4n) is 2.04. The van der Waals surface area contributed by atoms with Crippen LogP contribution in [0, 0.1) is 0 Å². The van der Waals surface area contributed by atoms with E-state index in [4.69, 9.17) is 4.42 Å². The number of rotatable bonds is 7. The minimum absolute atomic E-state index is 0.414. The Morgan fingerprint density at radius 1 is 1.20 bits per heavy atom. The molecule has 0 aliphatic carbocycles. The van der Waals surface area contributed by atoms with E-state index in [-0.39, 0.29) is 0 Å². The van der Waals surface area contributed by atoms with Crippen molar-refractivity contribution in [3.05, 3.63) is 46.0 Å². The third kappa shape index (κ3) is 4.20. The molecule has 0 radical (unpaired) electrons. The Morgan fingerprint density at radius 3 is 2.60 bits per heavy atom. The van der Waals surface area contributed by atoms with Gasteiger partial charge in [-0.1, -0.05) is 19.9 Å². The van der Waals surface area contributed by atoms with Crippen molar-refractivity contribution >= 4 is 11.3 Å². The molecule has 0 bridgehead atoms. The summed E-state index contributed by atoms with van der Waals surface area (Å²) in [5.74, 6) is 2.03. The van der Waals surface area contributed by atoms with Crippen LogP contribution < -0.4 is 5.32 Å². The quantitative estimate of drug-likeness (QED) is 0.835. The summed E-state index contributed by atoms with van der Waals surface area (Å²) in [6.07, 6.45) is 0. The molecule has 0 fully saturated rings. The molecular weight excluding hydrogens is 268 g/mol. The first-order valence-electron chi connectivity index (χ1n) is 7.11. The topological polar surface area (TPSA) is 28.4 Å². The van der Waals surface area contributed by atoms with Gasteiger partial charge in [-0.3, -0.25) is 4.90 Å². The Morgan fingerprint density at radius 2 is 1.95 bits per heavy atom. The molecule has 0 aliphatic rings. The zero-order valence-electron chi connectivity index (χ0n) is 12.7. The van der Waals surface area contributed by atoms with Gasteiger partial charge in [-0.25, -0.2) is 0 Å². The second kappa shape index (κ2) is 7.07. The van der Waals surface area contributed by atoms with Gasteiger partial charge in [0.05, 0.1) is 13.1 Å². The number of furan rings is 1. The first kappa shape index (κ1) is 15.3. The van der Waals surface area contributed by atoms with Crippen molar-refractivity contribution < 1.29 is 4.42 Å². The fraction of sp³-hybridized carbons (Fsp3) is 0.500. The molecule has 0 amide bonds. The van der Waals surface area contributed by atoms with E-state index in [0.29, 0.717) is 12.1 Å². The average Bonchev–Trinajstić information content (AvgIpc) is 3.06. The van der Waals surface area contributed by atoms with Gasteiger partial charge in [0, 0.05) is 17.0 Å². The molecule has 1 N–H and O–H groups in total. The van der Waals surface area contributed by atoms with Crippen LogP contribution in [0.5, 0.6) is 0 Å². The van der Waals surface area contributed by atoms with E-state index in [1.807, 2.05) is 0 Å². The molecule has 3 nitrogen and oxygen atoms in total. The van der Waals surface area contributed by atoms with Gasteiger partial charge in [-0.05, 0) is 37.6 Å². The van der Waals surface area contributed by atoms with E-state index in [1.54, 1.807) is 11.3 Å². The molecule has 20 heavy (non-hydrogen) atoms. The standard InChI is InChI=1S/C16H24N2OS/c1-12(2)17-10-14-7-8-15(19-14)11-18(4)13(3)16-6-5-9-20-16/h5-9,12-13,17H,10-11H2,1-4H3. The summed E-state index contributed by atoms with van der Waals surface area (Å²) in [6, 6.07) is 9.32. The number of thiophene rings is 1. The first-order chi connectivity index (χ1) is 9.56. The van der Waals surface area contributed by atoms with Crippen LogP contribution in [0.25, 0.3) is 0 Å². The summed E-state index contributed by atoms with van der Waals surface area (Å²) in [7, 11) is 2.14. The largest absolute Gasteiger partial charge is 0.463 e. The normalized spacial score (nSPS) is 13.3. The van der Waals surface area contributed by atoms with Crippen molar-refractivity contribution in [3.63, 3.8) is 0 Å². The molecule has 4 heteroatoms. The van der Waals surface area contributed by atoms with Crippen molar-refractivity contribution in [1.82, 2.24) is 10.2 Å². The summed E-state index contributed by atoms with van der Waals surface area (Å²) >= 11 is 1.80. The highest BCUT2D eigenvalue weighted by Gasteiger charge is 2.14. The molecule has 0 aliphatic heterocycles.